The number of aliphatic carboxylic acids is 1. The van der Waals surface area contributed by atoms with Crippen molar-refractivity contribution in [1.82, 2.24) is 15.1 Å². The van der Waals surface area contributed by atoms with Crippen molar-refractivity contribution in [2.24, 2.45) is 5.92 Å². The molecule has 2 rings (SSSR count). The summed E-state index contributed by atoms with van der Waals surface area (Å²) in [5.41, 5.74) is 0. The number of carboxylic acids is 1. The van der Waals surface area contributed by atoms with Gasteiger partial charge in [-0.1, -0.05) is 0 Å². The van der Waals surface area contributed by atoms with Crippen LogP contribution in [0.4, 0.5) is 4.79 Å². The number of hydrogen-bond donors (Lipinski definition) is 2. The Morgan fingerprint density at radius 1 is 1.33 bits per heavy atom. The number of nitrogens with one attached hydrogen (secondary N) is 1. The molecule has 0 aliphatic carbocycles. The van der Waals surface area contributed by atoms with Gasteiger partial charge in [-0.3, -0.25) is 0 Å². The number of carbonyl (C=O) groups excluding carboxylic acids is 1. The SMILES string of the molecule is COC1CC(C(=O)O)N(C(=O)NCC2CCN(C)CC2)C1. The Hall–Kier alpha value is -1.34. The van der Waals surface area contributed by atoms with E-state index >= 15 is 0 Å². The first-order valence-corrected chi connectivity index (χ1v) is 7.50. The fourth-order valence-corrected chi connectivity index (χ4v) is 3.03. The number of carboxylic acid groups (broad SMARTS) is 1. The molecule has 0 radical (unpaired) electrons. The van der Waals surface area contributed by atoms with Gasteiger partial charge in [-0.2, -0.15) is 0 Å². The molecule has 2 aliphatic rings. The highest BCUT2D eigenvalue weighted by Crippen LogP contribution is 2.21. The minimum absolute atomic E-state index is 0.194. The van der Waals surface area contributed by atoms with Crippen LogP contribution < -0.4 is 5.32 Å². The molecule has 7 nitrogen and oxygen atoms in total. The van der Waals surface area contributed by atoms with Gasteiger partial charge in [0.2, 0.25) is 0 Å². The van der Waals surface area contributed by atoms with E-state index in [4.69, 9.17) is 4.74 Å². The second-order valence-corrected chi connectivity index (χ2v) is 6.03. The van der Waals surface area contributed by atoms with E-state index in [1.54, 1.807) is 7.11 Å². The lowest BCUT2D eigenvalue weighted by Gasteiger charge is -2.30. The first-order chi connectivity index (χ1) is 10.0. The molecule has 0 spiro atoms. The van der Waals surface area contributed by atoms with Gasteiger partial charge < -0.3 is 25.0 Å². The fraction of sp³-hybridized carbons (Fsp3) is 0.857. The van der Waals surface area contributed by atoms with E-state index in [9.17, 15) is 14.7 Å². The molecule has 120 valence electrons. The Morgan fingerprint density at radius 3 is 2.57 bits per heavy atom. The maximum Gasteiger partial charge on any atom is 0.326 e. The summed E-state index contributed by atoms with van der Waals surface area (Å²) >= 11 is 0. The summed E-state index contributed by atoms with van der Waals surface area (Å²) in [4.78, 5) is 27.1. The monoisotopic (exact) mass is 299 g/mol. The largest absolute Gasteiger partial charge is 0.480 e. The maximum atomic E-state index is 12.2. The molecule has 2 atom stereocenters. The smallest absolute Gasteiger partial charge is 0.326 e. The highest BCUT2D eigenvalue weighted by molar-refractivity contribution is 5.83. The van der Waals surface area contributed by atoms with Crippen molar-refractivity contribution < 1.29 is 19.4 Å². The van der Waals surface area contributed by atoms with Crippen molar-refractivity contribution in [1.29, 1.82) is 0 Å². The zero-order chi connectivity index (χ0) is 15.4. The lowest BCUT2D eigenvalue weighted by molar-refractivity contribution is -0.141. The molecule has 2 amide bonds. The second kappa shape index (κ2) is 7.09. The van der Waals surface area contributed by atoms with Gasteiger partial charge in [0.15, 0.2) is 0 Å². The third kappa shape index (κ3) is 4.07. The highest BCUT2D eigenvalue weighted by atomic mass is 16.5. The number of ether oxygens (including phenoxy) is 1. The topological polar surface area (TPSA) is 82.1 Å². The minimum atomic E-state index is -0.969. The number of likely N-dealkylation sites (tertiary alicyclic amines) is 2. The van der Waals surface area contributed by atoms with Gasteiger partial charge in [-0.05, 0) is 38.9 Å². The molecule has 2 heterocycles. The van der Waals surface area contributed by atoms with Crippen molar-refractivity contribution in [2.75, 3.05) is 40.3 Å². The van der Waals surface area contributed by atoms with Crippen LogP contribution in [0.25, 0.3) is 0 Å². The fourth-order valence-electron chi connectivity index (χ4n) is 3.03. The second-order valence-electron chi connectivity index (χ2n) is 6.03. The van der Waals surface area contributed by atoms with Crippen molar-refractivity contribution in [2.45, 2.75) is 31.4 Å². The quantitative estimate of drug-likeness (QED) is 0.775. The normalized spacial score (nSPS) is 27.8. The van der Waals surface area contributed by atoms with Gasteiger partial charge in [0.05, 0.1) is 6.10 Å². The van der Waals surface area contributed by atoms with Crippen LogP contribution in [0.15, 0.2) is 0 Å². The summed E-state index contributed by atoms with van der Waals surface area (Å²) in [5, 5.41) is 12.1. The van der Waals surface area contributed by atoms with Gasteiger partial charge in [-0.25, -0.2) is 9.59 Å². The molecule has 2 aliphatic heterocycles. The number of hydrogen-bond acceptors (Lipinski definition) is 4. The zero-order valence-electron chi connectivity index (χ0n) is 12.7. The van der Waals surface area contributed by atoms with Crippen molar-refractivity contribution in [3.8, 4) is 0 Å². The number of methoxy groups -OCH3 is 1. The predicted octanol–water partition coefficient (Wildman–Crippen LogP) is 0.212. The lowest BCUT2D eigenvalue weighted by Crippen LogP contribution is -2.48. The molecule has 2 unspecified atom stereocenters. The summed E-state index contributed by atoms with van der Waals surface area (Å²) in [5.74, 6) is -0.488. The van der Waals surface area contributed by atoms with Crippen molar-refractivity contribution in [3.05, 3.63) is 0 Å². The van der Waals surface area contributed by atoms with Crippen LogP contribution in [0.5, 0.6) is 0 Å². The Kier molecular flexibility index (Phi) is 5.41. The molecule has 7 heteroatoms. The highest BCUT2D eigenvalue weighted by Gasteiger charge is 2.39. The predicted molar refractivity (Wildman–Crippen MR) is 77.2 cm³/mol. The molecule has 0 saturated carbocycles. The van der Waals surface area contributed by atoms with Crippen LogP contribution in [0.2, 0.25) is 0 Å². The average Bonchev–Trinajstić information content (AvgIpc) is 2.91. The summed E-state index contributed by atoms with van der Waals surface area (Å²) in [7, 11) is 3.64. The molecule has 0 aromatic carbocycles. The molecule has 2 fully saturated rings. The van der Waals surface area contributed by atoms with Gasteiger partial charge >= 0.3 is 12.0 Å². The van der Waals surface area contributed by atoms with E-state index in [1.165, 1.54) is 4.90 Å². The van der Waals surface area contributed by atoms with Gasteiger partial charge in [0.25, 0.3) is 0 Å². The number of carbonyl (C=O) groups is 2. The third-order valence-corrected chi connectivity index (χ3v) is 4.52. The first-order valence-electron chi connectivity index (χ1n) is 7.50. The van der Waals surface area contributed by atoms with E-state index < -0.39 is 12.0 Å². The van der Waals surface area contributed by atoms with Crippen LogP contribution in [0.3, 0.4) is 0 Å². The van der Waals surface area contributed by atoms with Crippen LogP contribution in [-0.4, -0.2) is 79.4 Å². The summed E-state index contributed by atoms with van der Waals surface area (Å²) < 4.78 is 5.19. The summed E-state index contributed by atoms with van der Waals surface area (Å²) in [6.45, 7) is 3.06. The Labute approximate surface area is 125 Å². The molecule has 2 N–H and O–H groups in total. The van der Waals surface area contributed by atoms with Gasteiger partial charge in [0, 0.05) is 26.6 Å². The molecular formula is C14H25N3O4. The van der Waals surface area contributed by atoms with Gasteiger partial charge in [0.1, 0.15) is 6.04 Å². The average molecular weight is 299 g/mol. The number of piperidine rings is 1. The molecule has 21 heavy (non-hydrogen) atoms. The van der Waals surface area contributed by atoms with Crippen LogP contribution in [0, 0.1) is 5.92 Å². The number of amides is 2. The molecular weight excluding hydrogens is 274 g/mol. The van der Waals surface area contributed by atoms with E-state index in [-0.39, 0.29) is 12.1 Å². The minimum Gasteiger partial charge on any atom is -0.480 e. The number of urea groups is 1. The summed E-state index contributed by atoms with van der Waals surface area (Å²) in [6, 6.07) is -1.08. The standard InChI is InChI=1S/C14H25N3O4/c1-16-5-3-10(4-6-16)8-15-14(20)17-9-11(21-2)7-12(17)13(18)19/h10-12H,3-9H2,1-2H3,(H,15,20)(H,18,19). The Bertz CT molecular complexity index is 382. The molecule has 0 bridgehead atoms. The van der Waals surface area contributed by atoms with Crippen LogP contribution >= 0.6 is 0 Å². The number of nitrogens with zero attached hydrogens (tertiary/aromatic N) is 2. The third-order valence-electron chi connectivity index (χ3n) is 4.52. The first kappa shape index (κ1) is 16.0. The van der Waals surface area contributed by atoms with Crippen LogP contribution in [-0.2, 0) is 9.53 Å². The molecule has 2 saturated heterocycles. The maximum absolute atomic E-state index is 12.2. The molecule has 0 aromatic heterocycles. The Morgan fingerprint density at radius 2 is 2.00 bits per heavy atom. The summed E-state index contributed by atoms with van der Waals surface area (Å²) in [6.07, 6.45) is 2.30. The number of rotatable bonds is 4. The lowest BCUT2D eigenvalue weighted by atomic mass is 9.97. The molecule has 0 aromatic rings. The van der Waals surface area contributed by atoms with Crippen molar-refractivity contribution >= 4 is 12.0 Å². The van der Waals surface area contributed by atoms with Crippen molar-refractivity contribution in [3.63, 3.8) is 0 Å². The zero-order valence-corrected chi connectivity index (χ0v) is 12.7. The van der Waals surface area contributed by atoms with E-state index in [0.717, 1.165) is 25.9 Å². The van der Waals surface area contributed by atoms with E-state index in [0.29, 0.717) is 25.4 Å². The van der Waals surface area contributed by atoms with Gasteiger partial charge in [-0.15, -0.1) is 0 Å². The van der Waals surface area contributed by atoms with E-state index in [1.807, 2.05) is 0 Å². The Balaban J connectivity index is 1.83. The van der Waals surface area contributed by atoms with E-state index in [2.05, 4.69) is 17.3 Å². The van der Waals surface area contributed by atoms with Crippen LogP contribution in [0.1, 0.15) is 19.3 Å².